The molecule has 2 aliphatic rings. The van der Waals surface area contributed by atoms with Crippen molar-refractivity contribution in [2.45, 2.75) is 12.8 Å². The molecule has 1 aromatic carbocycles. The van der Waals surface area contributed by atoms with E-state index in [0.29, 0.717) is 44.0 Å². The second-order valence-corrected chi connectivity index (χ2v) is 7.16. The highest BCUT2D eigenvalue weighted by Gasteiger charge is 2.30. The van der Waals surface area contributed by atoms with Crippen molar-refractivity contribution in [2.75, 3.05) is 37.6 Å². The molecule has 0 bridgehead atoms. The fourth-order valence-corrected chi connectivity index (χ4v) is 4.00. The van der Waals surface area contributed by atoms with E-state index in [1.54, 1.807) is 26.8 Å². The van der Waals surface area contributed by atoms with Gasteiger partial charge in [-0.3, -0.25) is 14.4 Å². The van der Waals surface area contributed by atoms with Gasteiger partial charge in [-0.05, 0) is 48.7 Å². The molecule has 2 aromatic rings. The van der Waals surface area contributed by atoms with Crippen molar-refractivity contribution in [3.63, 3.8) is 0 Å². The molecule has 2 aliphatic heterocycles. The summed E-state index contributed by atoms with van der Waals surface area (Å²) in [5, 5.41) is 0. The first-order valence-corrected chi connectivity index (χ1v) is 9.78. The van der Waals surface area contributed by atoms with Crippen LogP contribution < -0.4 is 4.90 Å². The molecule has 150 valence electrons. The number of carbonyl (C=O) groups is 3. The predicted octanol–water partition coefficient (Wildman–Crippen LogP) is 2.34. The van der Waals surface area contributed by atoms with Gasteiger partial charge in [-0.1, -0.05) is 12.6 Å². The average Bonchev–Trinajstić information content (AvgIpc) is 3.32. The maximum atomic E-state index is 13.2. The molecule has 1 saturated heterocycles. The summed E-state index contributed by atoms with van der Waals surface area (Å²) in [6, 6.07) is 8.85. The molecule has 7 nitrogen and oxygen atoms in total. The molecule has 29 heavy (non-hydrogen) atoms. The van der Waals surface area contributed by atoms with Gasteiger partial charge in [-0.15, -0.1) is 0 Å². The molecule has 1 fully saturated rings. The molecule has 0 unspecified atom stereocenters. The average molecular weight is 393 g/mol. The Kier molecular flexibility index (Phi) is 5.20. The molecule has 3 heterocycles. The van der Waals surface area contributed by atoms with Crippen molar-refractivity contribution in [1.82, 2.24) is 9.80 Å². The Bertz CT molecular complexity index is 943. The van der Waals surface area contributed by atoms with E-state index in [2.05, 4.69) is 6.58 Å². The number of rotatable bonds is 3. The third-order valence-corrected chi connectivity index (χ3v) is 5.51. The minimum absolute atomic E-state index is 0.0557. The van der Waals surface area contributed by atoms with E-state index < -0.39 is 0 Å². The molecule has 1 aromatic heterocycles. The third-order valence-electron chi connectivity index (χ3n) is 5.51. The quantitative estimate of drug-likeness (QED) is 0.751. The van der Waals surface area contributed by atoms with Gasteiger partial charge in [0.1, 0.15) is 0 Å². The number of hydrogen-bond donors (Lipinski definition) is 0. The van der Waals surface area contributed by atoms with Gasteiger partial charge >= 0.3 is 0 Å². The number of fused-ring (bicyclic) bond motifs is 1. The van der Waals surface area contributed by atoms with Crippen molar-refractivity contribution >= 4 is 23.4 Å². The lowest BCUT2D eigenvalue weighted by Gasteiger charge is -2.35. The Balaban J connectivity index is 1.49. The number of carbonyl (C=O) groups excluding carboxylic acids is 3. The zero-order valence-electron chi connectivity index (χ0n) is 16.2. The fraction of sp³-hybridized carbons (Fsp3) is 0.318. The highest BCUT2D eigenvalue weighted by Crippen LogP contribution is 2.31. The van der Waals surface area contributed by atoms with Gasteiger partial charge < -0.3 is 19.1 Å². The predicted molar refractivity (Wildman–Crippen MR) is 108 cm³/mol. The molecule has 4 rings (SSSR count). The van der Waals surface area contributed by atoms with E-state index in [9.17, 15) is 14.4 Å². The van der Waals surface area contributed by atoms with E-state index in [0.717, 1.165) is 24.1 Å². The molecule has 7 heteroatoms. The normalized spacial score (nSPS) is 16.3. The zero-order valence-corrected chi connectivity index (χ0v) is 16.2. The number of amides is 3. The van der Waals surface area contributed by atoms with E-state index in [-0.39, 0.29) is 17.7 Å². The van der Waals surface area contributed by atoms with Gasteiger partial charge in [0, 0.05) is 44.0 Å². The maximum absolute atomic E-state index is 13.2. The van der Waals surface area contributed by atoms with Crippen molar-refractivity contribution < 1.29 is 18.8 Å². The first kappa shape index (κ1) is 19.0. The number of hydrogen-bond acceptors (Lipinski definition) is 4. The second-order valence-electron chi connectivity index (χ2n) is 7.16. The number of benzene rings is 1. The summed E-state index contributed by atoms with van der Waals surface area (Å²) in [5.74, 6) is -0.0490. The topological polar surface area (TPSA) is 74.1 Å². The number of anilines is 1. The van der Waals surface area contributed by atoms with Crippen LogP contribution >= 0.6 is 0 Å². The Morgan fingerprint density at radius 1 is 0.931 bits per heavy atom. The van der Waals surface area contributed by atoms with Gasteiger partial charge in [0.2, 0.25) is 5.91 Å². The van der Waals surface area contributed by atoms with Crippen LogP contribution in [-0.2, 0) is 11.2 Å². The summed E-state index contributed by atoms with van der Waals surface area (Å²) >= 11 is 0. The van der Waals surface area contributed by atoms with Crippen LogP contribution in [0.1, 0.15) is 32.9 Å². The summed E-state index contributed by atoms with van der Waals surface area (Å²) in [7, 11) is 0. The largest absolute Gasteiger partial charge is 0.459 e. The summed E-state index contributed by atoms with van der Waals surface area (Å²) in [5.41, 5.74) is 2.33. The molecular weight excluding hydrogens is 370 g/mol. The molecule has 0 spiro atoms. The number of piperazine rings is 1. The second kappa shape index (κ2) is 7.95. The van der Waals surface area contributed by atoms with Gasteiger partial charge in [-0.25, -0.2) is 0 Å². The van der Waals surface area contributed by atoms with Gasteiger partial charge in [0.25, 0.3) is 11.8 Å². The van der Waals surface area contributed by atoms with Crippen LogP contribution in [0.15, 0.2) is 53.7 Å². The van der Waals surface area contributed by atoms with Gasteiger partial charge in [0.15, 0.2) is 5.76 Å². The van der Waals surface area contributed by atoms with Crippen LogP contribution in [0.2, 0.25) is 0 Å². The van der Waals surface area contributed by atoms with Crippen LogP contribution in [0.4, 0.5) is 5.69 Å². The van der Waals surface area contributed by atoms with Crippen molar-refractivity contribution in [3.05, 3.63) is 66.1 Å². The Labute approximate surface area is 169 Å². The van der Waals surface area contributed by atoms with Crippen LogP contribution in [-0.4, -0.2) is 60.2 Å². The summed E-state index contributed by atoms with van der Waals surface area (Å²) < 4.78 is 5.18. The molecular formula is C22H23N3O4. The lowest BCUT2D eigenvalue weighted by molar-refractivity contribution is -0.114. The number of furan rings is 1. The Morgan fingerprint density at radius 3 is 2.31 bits per heavy atom. The van der Waals surface area contributed by atoms with Crippen LogP contribution in [0.5, 0.6) is 0 Å². The lowest BCUT2D eigenvalue weighted by Crippen LogP contribution is -2.50. The van der Waals surface area contributed by atoms with E-state index in [1.807, 2.05) is 18.2 Å². The summed E-state index contributed by atoms with van der Waals surface area (Å²) in [6.45, 7) is 6.05. The first-order chi connectivity index (χ1) is 14.1. The standard InChI is InChI=1S/C22H23N3O4/c1-2-20(26)25-10-4-7-16-17(6-3-8-18(16)25)21(27)23-11-13-24(14-12-23)22(28)19-9-5-15-29-19/h2-3,5-6,8-9,15H,1,4,7,10-14H2. The Hall–Kier alpha value is -3.35. The van der Waals surface area contributed by atoms with Crippen molar-refractivity contribution in [3.8, 4) is 0 Å². The molecule has 0 saturated carbocycles. The maximum Gasteiger partial charge on any atom is 0.289 e. The molecule has 3 amide bonds. The van der Waals surface area contributed by atoms with E-state index >= 15 is 0 Å². The molecule has 0 atom stereocenters. The van der Waals surface area contributed by atoms with E-state index in [4.69, 9.17) is 4.42 Å². The fourth-order valence-electron chi connectivity index (χ4n) is 4.00. The minimum atomic E-state index is -0.155. The Morgan fingerprint density at radius 2 is 1.66 bits per heavy atom. The lowest BCUT2D eigenvalue weighted by atomic mass is 9.95. The third kappa shape index (κ3) is 3.55. The summed E-state index contributed by atoms with van der Waals surface area (Å²) in [6.07, 6.45) is 4.35. The number of nitrogens with zero attached hydrogens (tertiary/aromatic N) is 3. The molecule has 0 radical (unpaired) electrons. The minimum Gasteiger partial charge on any atom is -0.459 e. The zero-order chi connectivity index (χ0) is 20.4. The summed E-state index contributed by atoms with van der Waals surface area (Å²) in [4.78, 5) is 42.9. The van der Waals surface area contributed by atoms with Gasteiger partial charge in [-0.2, -0.15) is 0 Å². The first-order valence-electron chi connectivity index (χ1n) is 9.78. The smallest absolute Gasteiger partial charge is 0.289 e. The van der Waals surface area contributed by atoms with Crippen LogP contribution in [0, 0.1) is 0 Å². The highest BCUT2D eigenvalue weighted by atomic mass is 16.3. The van der Waals surface area contributed by atoms with Crippen molar-refractivity contribution in [2.24, 2.45) is 0 Å². The van der Waals surface area contributed by atoms with E-state index in [1.165, 1.54) is 12.3 Å². The SMILES string of the molecule is C=CC(=O)N1CCCc2c(C(=O)N3CCN(C(=O)c4ccco4)CC3)cccc21. The van der Waals surface area contributed by atoms with Crippen LogP contribution in [0.25, 0.3) is 0 Å². The molecule has 0 aliphatic carbocycles. The molecule has 0 N–H and O–H groups in total. The highest BCUT2D eigenvalue weighted by molar-refractivity contribution is 6.04. The van der Waals surface area contributed by atoms with Crippen LogP contribution in [0.3, 0.4) is 0 Å². The monoisotopic (exact) mass is 393 g/mol. The van der Waals surface area contributed by atoms with Crippen molar-refractivity contribution in [1.29, 1.82) is 0 Å². The van der Waals surface area contributed by atoms with Gasteiger partial charge in [0.05, 0.1) is 6.26 Å².